The monoisotopic (exact) mass is 387 g/mol. The molecule has 0 bridgehead atoms. The predicted octanol–water partition coefficient (Wildman–Crippen LogP) is 3.94. The molecule has 0 saturated carbocycles. The van der Waals surface area contributed by atoms with Gasteiger partial charge in [-0.2, -0.15) is 0 Å². The number of halogens is 1. The molecule has 6 heteroatoms. The number of carboxylic acids is 1. The first-order chi connectivity index (χ1) is 12.9. The SMILES string of the molecule is CC1=C(CC(=O)O)c2cc(F)ccc2/C1=C\c1ccc([S+](C)[O-])cc1.CN. The summed E-state index contributed by atoms with van der Waals surface area (Å²) in [6.45, 7) is 1.86. The third-order valence-electron chi connectivity index (χ3n) is 4.30. The molecular weight excluding hydrogens is 365 g/mol. The van der Waals surface area contributed by atoms with Gasteiger partial charge < -0.3 is 15.4 Å². The lowest BCUT2D eigenvalue weighted by Crippen LogP contribution is -1.97. The Morgan fingerprint density at radius 2 is 1.81 bits per heavy atom. The molecule has 0 heterocycles. The summed E-state index contributed by atoms with van der Waals surface area (Å²) < 4.78 is 25.1. The highest BCUT2D eigenvalue weighted by Crippen LogP contribution is 2.43. The van der Waals surface area contributed by atoms with E-state index in [1.807, 2.05) is 25.1 Å². The number of fused-ring (bicyclic) bond motifs is 1. The molecule has 1 atom stereocenters. The average molecular weight is 387 g/mol. The van der Waals surface area contributed by atoms with Crippen LogP contribution in [-0.2, 0) is 16.0 Å². The summed E-state index contributed by atoms with van der Waals surface area (Å²) in [7, 11) is 1.50. The molecule has 0 radical (unpaired) electrons. The summed E-state index contributed by atoms with van der Waals surface area (Å²) in [5, 5.41) is 9.17. The van der Waals surface area contributed by atoms with Gasteiger partial charge in [-0.05, 0) is 101 Å². The van der Waals surface area contributed by atoms with Crippen molar-refractivity contribution in [2.75, 3.05) is 13.3 Å². The van der Waals surface area contributed by atoms with Crippen molar-refractivity contribution in [3.63, 3.8) is 0 Å². The Kier molecular flexibility index (Phi) is 6.96. The van der Waals surface area contributed by atoms with Crippen molar-refractivity contribution in [2.24, 2.45) is 5.73 Å². The smallest absolute Gasteiger partial charge is 0.307 e. The first-order valence-corrected chi connectivity index (χ1v) is 9.88. The van der Waals surface area contributed by atoms with E-state index in [9.17, 15) is 13.7 Å². The van der Waals surface area contributed by atoms with Gasteiger partial charge in [-0.15, -0.1) is 0 Å². The van der Waals surface area contributed by atoms with Crippen molar-refractivity contribution in [1.82, 2.24) is 0 Å². The van der Waals surface area contributed by atoms with Crippen LogP contribution in [0, 0.1) is 5.82 Å². The fourth-order valence-corrected chi connectivity index (χ4v) is 3.57. The molecule has 0 aromatic heterocycles. The van der Waals surface area contributed by atoms with Gasteiger partial charge in [-0.3, -0.25) is 4.79 Å². The van der Waals surface area contributed by atoms with E-state index < -0.39 is 17.1 Å². The number of carbonyl (C=O) groups is 1. The second-order valence-electron chi connectivity index (χ2n) is 5.95. The predicted molar refractivity (Wildman–Crippen MR) is 108 cm³/mol. The lowest BCUT2D eigenvalue weighted by Gasteiger charge is -2.06. The van der Waals surface area contributed by atoms with E-state index in [0.29, 0.717) is 11.1 Å². The molecule has 1 aliphatic carbocycles. The zero-order valence-electron chi connectivity index (χ0n) is 15.5. The van der Waals surface area contributed by atoms with Crippen molar-refractivity contribution in [2.45, 2.75) is 18.2 Å². The van der Waals surface area contributed by atoms with Crippen LogP contribution in [-0.4, -0.2) is 28.9 Å². The molecule has 27 heavy (non-hydrogen) atoms. The van der Waals surface area contributed by atoms with Crippen LogP contribution in [0.1, 0.15) is 30.0 Å². The number of nitrogens with two attached hydrogens (primary N) is 1. The summed E-state index contributed by atoms with van der Waals surface area (Å²) in [6.07, 6.45) is 3.43. The first kappa shape index (κ1) is 20.9. The largest absolute Gasteiger partial charge is 0.612 e. The summed E-state index contributed by atoms with van der Waals surface area (Å²) in [5.41, 5.74) is 9.24. The van der Waals surface area contributed by atoms with Gasteiger partial charge in [0, 0.05) is 0 Å². The standard InChI is InChI=1S/C20H17FO3S.CH5N/c1-12-17(9-13-3-6-15(7-4-13)25(2)24)16-8-5-14(21)10-19(16)18(12)11-20(22)23;1-2/h3-10H,11H2,1-2H3,(H,22,23);2H2,1H3/b17-9-;. The van der Waals surface area contributed by atoms with E-state index in [2.05, 4.69) is 5.73 Å². The topological polar surface area (TPSA) is 86.4 Å². The number of rotatable bonds is 4. The number of hydrogen-bond donors (Lipinski definition) is 2. The van der Waals surface area contributed by atoms with Gasteiger partial charge in [0.05, 0.1) is 6.42 Å². The number of carboxylic acid groups (broad SMARTS) is 1. The Morgan fingerprint density at radius 3 is 2.37 bits per heavy atom. The first-order valence-electron chi connectivity index (χ1n) is 8.32. The van der Waals surface area contributed by atoms with E-state index in [0.717, 1.165) is 27.2 Å². The second-order valence-corrected chi connectivity index (χ2v) is 7.32. The molecule has 3 N–H and O–H groups in total. The minimum atomic E-state index is -1.04. The van der Waals surface area contributed by atoms with Gasteiger partial charge in [0.1, 0.15) is 12.1 Å². The Labute approximate surface area is 161 Å². The normalized spacial score (nSPS) is 15.3. The molecule has 0 aliphatic heterocycles. The number of aliphatic carboxylic acids is 1. The molecular formula is C21H22FNO3S. The molecule has 3 rings (SSSR count). The third kappa shape index (κ3) is 4.66. The molecule has 2 aromatic carbocycles. The molecule has 1 unspecified atom stereocenters. The highest BCUT2D eigenvalue weighted by atomic mass is 32.2. The second kappa shape index (κ2) is 8.99. The molecule has 4 nitrogen and oxygen atoms in total. The van der Waals surface area contributed by atoms with Crippen LogP contribution < -0.4 is 5.73 Å². The van der Waals surface area contributed by atoms with Crippen LogP contribution in [0.5, 0.6) is 0 Å². The molecule has 0 fully saturated rings. The Balaban J connectivity index is 0.00000126. The summed E-state index contributed by atoms with van der Waals surface area (Å²) in [4.78, 5) is 11.9. The van der Waals surface area contributed by atoms with Crippen molar-refractivity contribution in [1.29, 1.82) is 0 Å². The number of allylic oxidation sites excluding steroid dienone is 2. The number of hydrogen-bond acceptors (Lipinski definition) is 3. The maximum absolute atomic E-state index is 13.7. The minimum absolute atomic E-state index is 0.145. The van der Waals surface area contributed by atoms with E-state index in [1.165, 1.54) is 19.2 Å². The maximum Gasteiger partial charge on any atom is 0.307 e. The summed E-state index contributed by atoms with van der Waals surface area (Å²) >= 11 is -1.04. The van der Waals surface area contributed by atoms with Gasteiger partial charge in [-0.1, -0.05) is 6.07 Å². The van der Waals surface area contributed by atoms with Crippen molar-refractivity contribution in [3.8, 4) is 0 Å². The fraction of sp³-hybridized carbons (Fsp3) is 0.190. The van der Waals surface area contributed by atoms with Gasteiger partial charge >= 0.3 is 5.97 Å². The molecule has 2 aromatic rings. The van der Waals surface area contributed by atoms with Crippen LogP contribution in [0.25, 0.3) is 17.2 Å². The Hall–Kier alpha value is -2.41. The zero-order chi connectivity index (χ0) is 20.1. The number of benzene rings is 2. The van der Waals surface area contributed by atoms with Gasteiger partial charge in [-0.25, -0.2) is 4.39 Å². The van der Waals surface area contributed by atoms with Crippen LogP contribution in [0.4, 0.5) is 4.39 Å². The van der Waals surface area contributed by atoms with E-state index >= 15 is 0 Å². The van der Waals surface area contributed by atoms with Crippen LogP contribution >= 0.6 is 0 Å². The van der Waals surface area contributed by atoms with E-state index in [1.54, 1.807) is 24.5 Å². The van der Waals surface area contributed by atoms with Crippen molar-refractivity contribution < 1.29 is 18.8 Å². The average Bonchev–Trinajstić information content (AvgIpc) is 2.88. The van der Waals surface area contributed by atoms with Crippen LogP contribution in [0.15, 0.2) is 52.9 Å². The van der Waals surface area contributed by atoms with Crippen molar-refractivity contribution >= 4 is 34.4 Å². The van der Waals surface area contributed by atoms with Crippen LogP contribution in [0.2, 0.25) is 0 Å². The summed E-state index contributed by atoms with van der Waals surface area (Å²) in [5.74, 6) is -1.33. The zero-order valence-corrected chi connectivity index (χ0v) is 16.3. The Morgan fingerprint density at radius 1 is 1.19 bits per heavy atom. The molecule has 142 valence electrons. The highest BCUT2D eigenvalue weighted by molar-refractivity contribution is 7.90. The molecule has 0 spiro atoms. The third-order valence-corrected chi connectivity index (χ3v) is 5.24. The summed E-state index contributed by atoms with van der Waals surface area (Å²) in [6, 6.07) is 11.8. The molecule has 1 aliphatic rings. The van der Waals surface area contributed by atoms with Gasteiger partial charge in [0.25, 0.3) is 0 Å². The maximum atomic E-state index is 13.7. The van der Waals surface area contributed by atoms with Crippen molar-refractivity contribution in [3.05, 3.63) is 70.5 Å². The quantitative estimate of drug-likeness (QED) is 0.778. The lowest BCUT2D eigenvalue weighted by atomic mass is 10.0. The molecule has 0 amide bonds. The van der Waals surface area contributed by atoms with Gasteiger partial charge in [0.15, 0.2) is 4.90 Å². The van der Waals surface area contributed by atoms with Gasteiger partial charge in [0.2, 0.25) is 0 Å². The lowest BCUT2D eigenvalue weighted by molar-refractivity contribution is -0.135. The minimum Gasteiger partial charge on any atom is -0.612 e. The fourth-order valence-electron chi connectivity index (χ4n) is 3.05. The van der Waals surface area contributed by atoms with E-state index in [4.69, 9.17) is 5.11 Å². The Bertz CT molecular complexity index is 902. The molecule has 0 saturated heterocycles. The highest BCUT2D eigenvalue weighted by Gasteiger charge is 2.25. The van der Waals surface area contributed by atoms with Crippen LogP contribution in [0.3, 0.4) is 0 Å². The van der Waals surface area contributed by atoms with E-state index in [-0.39, 0.29) is 12.2 Å².